The minimum absolute atomic E-state index is 0.00165. The molecule has 3 aliphatic rings. The maximum Gasteiger partial charge on any atom is 0.249 e. The number of amides is 2. The summed E-state index contributed by atoms with van der Waals surface area (Å²) < 4.78 is 23.7. The van der Waals surface area contributed by atoms with E-state index in [2.05, 4.69) is 16.0 Å². The molecule has 17 nitrogen and oxygen atoms in total. The summed E-state index contributed by atoms with van der Waals surface area (Å²) in [6.45, 7) is 2.93. The number of carbonyl (C=O) groups excluding carboxylic acids is 2. The topological polar surface area (TPSA) is 292 Å². The number of rotatable bonds is 12. The van der Waals surface area contributed by atoms with Crippen molar-refractivity contribution in [3.63, 3.8) is 0 Å². The first-order valence-corrected chi connectivity index (χ1v) is 14.5. The maximum atomic E-state index is 12.7. The first kappa shape index (κ1) is 35.5. The van der Waals surface area contributed by atoms with Crippen molar-refractivity contribution in [3.05, 3.63) is 11.8 Å². The van der Waals surface area contributed by atoms with Gasteiger partial charge < -0.3 is 78.3 Å². The summed E-state index contributed by atoms with van der Waals surface area (Å²) in [6.07, 6.45) is -7.20. The van der Waals surface area contributed by atoms with Crippen molar-refractivity contribution in [1.29, 1.82) is 0 Å². The van der Waals surface area contributed by atoms with E-state index in [4.69, 9.17) is 41.9 Å². The molecular formula is C26H49N7O10. The van der Waals surface area contributed by atoms with Crippen LogP contribution >= 0.6 is 0 Å². The number of aliphatic hydroxyl groups is 4. The molecule has 17 heteroatoms. The van der Waals surface area contributed by atoms with E-state index < -0.39 is 90.7 Å². The summed E-state index contributed by atoms with van der Waals surface area (Å²) in [5, 5.41) is 51.7. The zero-order valence-electron chi connectivity index (χ0n) is 24.8. The van der Waals surface area contributed by atoms with E-state index in [0.29, 0.717) is 12.2 Å². The van der Waals surface area contributed by atoms with Crippen molar-refractivity contribution in [2.75, 3.05) is 26.7 Å². The van der Waals surface area contributed by atoms with Crippen LogP contribution in [-0.2, 0) is 28.5 Å². The van der Waals surface area contributed by atoms with Crippen molar-refractivity contribution in [2.24, 2.45) is 22.9 Å². The lowest BCUT2D eigenvalue weighted by atomic mass is 9.83. The number of ether oxygens (including phenoxy) is 4. The van der Waals surface area contributed by atoms with Gasteiger partial charge in [0.05, 0.1) is 37.3 Å². The second-order valence-corrected chi connectivity index (χ2v) is 11.6. The molecule has 2 heterocycles. The van der Waals surface area contributed by atoms with Crippen LogP contribution in [0, 0.1) is 0 Å². The summed E-state index contributed by atoms with van der Waals surface area (Å²) in [5.74, 6) is -0.791. The zero-order chi connectivity index (χ0) is 32.1. The zero-order valence-corrected chi connectivity index (χ0v) is 24.8. The Morgan fingerprint density at radius 3 is 2.37 bits per heavy atom. The van der Waals surface area contributed by atoms with Gasteiger partial charge in [0.15, 0.2) is 6.29 Å². The van der Waals surface area contributed by atoms with E-state index in [1.54, 1.807) is 13.1 Å². The minimum atomic E-state index is -1.53. The van der Waals surface area contributed by atoms with Crippen molar-refractivity contribution >= 4 is 11.8 Å². The Morgan fingerprint density at radius 1 is 1.12 bits per heavy atom. The highest BCUT2D eigenvalue weighted by atomic mass is 16.7. The van der Waals surface area contributed by atoms with Crippen molar-refractivity contribution in [3.8, 4) is 0 Å². The number of nitrogens with two attached hydrogens (primary N) is 4. The molecule has 1 aliphatic carbocycles. The quantitative estimate of drug-likeness (QED) is 0.0971. The van der Waals surface area contributed by atoms with Gasteiger partial charge in [-0.2, -0.15) is 0 Å². The van der Waals surface area contributed by atoms with E-state index in [9.17, 15) is 30.0 Å². The molecule has 13 atom stereocenters. The fourth-order valence-corrected chi connectivity index (χ4v) is 5.53. The smallest absolute Gasteiger partial charge is 0.249 e. The lowest BCUT2D eigenvalue weighted by molar-refractivity contribution is -0.304. The van der Waals surface area contributed by atoms with Gasteiger partial charge in [0.25, 0.3) is 0 Å². The maximum absolute atomic E-state index is 12.7. The Kier molecular flexibility index (Phi) is 12.6. The predicted octanol–water partition coefficient (Wildman–Crippen LogP) is -5.48. The normalized spacial score (nSPS) is 39.7. The number of likely N-dealkylation sites (N-methyl/N-ethyl adjacent to an activating group) is 1. The van der Waals surface area contributed by atoms with Crippen LogP contribution in [-0.4, -0.2) is 138 Å². The molecule has 43 heavy (non-hydrogen) atoms. The summed E-state index contributed by atoms with van der Waals surface area (Å²) in [7, 11) is 1.56. The highest BCUT2D eigenvalue weighted by molar-refractivity contribution is 5.81. The van der Waals surface area contributed by atoms with Crippen LogP contribution in [0.2, 0.25) is 0 Å². The molecule has 0 spiro atoms. The van der Waals surface area contributed by atoms with Crippen LogP contribution in [0.3, 0.4) is 0 Å². The van der Waals surface area contributed by atoms with Gasteiger partial charge in [0.2, 0.25) is 18.1 Å². The molecule has 2 fully saturated rings. The van der Waals surface area contributed by atoms with Crippen LogP contribution in [0.4, 0.5) is 0 Å². The van der Waals surface area contributed by atoms with Gasteiger partial charge in [0.1, 0.15) is 41.9 Å². The summed E-state index contributed by atoms with van der Waals surface area (Å²) in [5.41, 5.74) is 22.0. The van der Waals surface area contributed by atoms with Gasteiger partial charge >= 0.3 is 0 Å². The van der Waals surface area contributed by atoms with Gasteiger partial charge in [0, 0.05) is 6.04 Å². The van der Waals surface area contributed by atoms with E-state index in [1.807, 2.05) is 0 Å². The molecular weight excluding hydrogens is 570 g/mol. The lowest BCUT2D eigenvalue weighted by Crippen LogP contribution is -2.69. The molecule has 248 valence electrons. The number of hydrogen-bond acceptors (Lipinski definition) is 15. The van der Waals surface area contributed by atoms with Crippen LogP contribution < -0.4 is 38.9 Å². The van der Waals surface area contributed by atoms with E-state index in [-0.39, 0.29) is 32.5 Å². The fourth-order valence-electron chi connectivity index (χ4n) is 5.53. The van der Waals surface area contributed by atoms with Crippen molar-refractivity contribution < 1.29 is 49.0 Å². The molecule has 2 amide bonds. The van der Waals surface area contributed by atoms with Gasteiger partial charge in [-0.1, -0.05) is 0 Å². The Morgan fingerprint density at radius 2 is 1.77 bits per heavy atom. The molecule has 3 rings (SSSR count). The molecule has 1 saturated carbocycles. The summed E-state index contributed by atoms with van der Waals surface area (Å²) in [4.78, 5) is 25.1. The second-order valence-electron chi connectivity index (χ2n) is 11.6. The SMILES string of the molecule is CN[C@@H]1[C@@H](O)[C@@H](O[C@@H]2[C@@H](O)[C@H](O[C@H]3OC(CN)=CC[C@H]3NC(=O)C(C)N)[C@@H](N)C[C@H]2NC(=O)[C@@H](O)CCN)OC[C@]1(C)O. The molecule has 1 unspecified atom stereocenters. The average Bonchev–Trinajstić information content (AvgIpc) is 2.94. The molecule has 0 aromatic carbocycles. The van der Waals surface area contributed by atoms with Crippen LogP contribution in [0.1, 0.15) is 33.1 Å². The number of hydrogen-bond donors (Lipinski definition) is 11. The third kappa shape index (κ3) is 8.59. The first-order valence-electron chi connectivity index (χ1n) is 14.5. The largest absolute Gasteiger partial charge is 0.466 e. The van der Waals surface area contributed by atoms with E-state index in [0.717, 1.165) is 0 Å². The molecule has 0 aromatic heterocycles. The van der Waals surface area contributed by atoms with E-state index in [1.165, 1.54) is 13.8 Å². The van der Waals surface area contributed by atoms with Crippen LogP contribution in [0.5, 0.6) is 0 Å². The van der Waals surface area contributed by atoms with Crippen LogP contribution in [0.15, 0.2) is 11.8 Å². The van der Waals surface area contributed by atoms with Gasteiger partial charge in [-0.25, -0.2) is 0 Å². The van der Waals surface area contributed by atoms with Crippen LogP contribution in [0.25, 0.3) is 0 Å². The molecule has 0 bridgehead atoms. The Balaban J connectivity index is 1.87. The lowest BCUT2D eigenvalue weighted by Gasteiger charge is -2.49. The monoisotopic (exact) mass is 619 g/mol. The third-order valence-corrected chi connectivity index (χ3v) is 7.95. The summed E-state index contributed by atoms with van der Waals surface area (Å²) >= 11 is 0. The molecule has 1 saturated heterocycles. The first-order chi connectivity index (χ1) is 20.2. The minimum Gasteiger partial charge on any atom is -0.466 e. The van der Waals surface area contributed by atoms with Crippen molar-refractivity contribution in [2.45, 2.75) is 112 Å². The third-order valence-electron chi connectivity index (χ3n) is 7.95. The highest BCUT2D eigenvalue weighted by Gasteiger charge is 2.52. The second kappa shape index (κ2) is 15.3. The Labute approximate surface area is 250 Å². The van der Waals surface area contributed by atoms with E-state index >= 15 is 0 Å². The molecule has 2 aliphatic heterocycles. The number of carbonyl (C=O) groups is 2. The summed E-state index contributed by atoms with van der Waals surface area (Å²) in [6, 6.07) is -4.21. The van der Waals surface area contributed by atoms with Gasteiger partial charge in [-0.3, -0.25) is 9.59 Å². The Bertz CT molecular complexity index is 973. The molecule has 0 aromatic rings. The van der Waals surface area contributed by atoms with Gasteiger partial charge in [-0.15, -0.1) is 0 Å². The molecule has 15 N–H and O–H groups in total. The standard InChI is InChI=1S/C26H49N7O10/c1-11(29)22(37)32-14-5-4-12(9-28)41-24(14)42-19-13(30)8-15(33-23(38)16(34)6-7-27)20(17(19)35)43-25-18(36)21(31-3)26(2,39)10-40-25/h4,11,13-21,24-25,31,34-36,39H,5-10,27-30H2,1-3H3,(H,32,37)(H,33,38)/t11?,13-,14+,15+,16-,17-,18+,19+,20-,21+,24+,25+,26-/m0/s1. The molecule has 0 radical (unpaired) electrons. The predicted molar refractivity (Wildman–Crippen MR) is 151 cm³/mol. The highest BCUT2D eigenvalue weighted by Crippen LogP contribution is 2.32. The number of nitrogens with one attached hydrogen (secondary N) is 3. The fraction of sp³-hybridized carbons (Fsp3) is 0.846. The van der Waals surface area contributed by atoms with Gasteiger partial charge in [-0.05, 0) is 52.8 Å². The average molecular weight is 620 g/mol. The Hall–Kier alpha value is -2.00. The number of aliphatic hydroxyl groups excluding tert-OH is 3. The van der Waals surface area contributed by atoms with Crippen molar-refractivity contribution in [1.82, 2.24) is 16.0 Å².